The highest BCUT2D eigenvalue weighted by atomic mass is 32.2. The minimum absolute atomic E-state index is 0.0649. The van der Waals surface area contributed by atoms with Gasteiger partial charge in [0.2, 0.25) is 0 Å². The van der Waals surface area contributed by atoms with Crippen molar-refractivity contribution in [2.24, 2.45) is 5.92 Å². The fourth-order valence-electron chi connectivity index (χ4n) is 3.28. The standard InChI is InChI=1S/C26H29N3O5S/c1-17(2)16-27-25(30)20-12-13-22(18(3)14-20)28-26(31)19-8-7-9-21(15-19)35(32,33)29-23-10-5-6-11-24(23)34-4/h5-15,17,29H,16H2,1-4H3,(H,27,30)(H,28,31). The highest BCUT2D eigenvalue weighted by Gasteiger charge is 2.19. The Labute approximate surface area is 205 Å². The van der Waals surface area contributed by atoms with Gasteiger partial charge in [0.1, 0.15) is 5.75 Å². The van der Waals surface area contributed by atoms with Crippen LogP contribution in [0.3, 0.4) is 0 Å². The predicted molar refractivity (Wildman–Crippen MR) is 137 cm³/mol. The Bertz CT molecular complexity index is 1340. The smallest absolute Gasteiger partial charge is 0.262 e. The molecule has 3 rings (SSSR count). The molecule has 0 heterocycles. The summed E-state index contributed by atoms with van der Waals surface area (Å²) in [6, 6.07) is 17.4. The number of carbonyl (C=O) groups is 2. The predicted octanol–water partition coefficient (Wildman–Crippen LogP) is 4.44. The van der Waals surface area contributed by atoms with Gasteiger partial charge in [-0.3, -0.25) is 14.3 Å². The number of para-hydroxylation sites is 2. The van der Waals surface area contributed by atoms with E-state index in [0.717, 1.165) is 0 Å². The van der Waals surface area contributed by atoms with Crippen molar-refractivity contribution in [3.8, 4) is 5.75 Å². The molecule has 0 saturated carbocycles. The van der Waals surface area contributed by atoms with Gasteiger partial charge in [-0.05, 0) is 66.9 Å². The third kappa shape index (κ3) is 6.60. The summed E-state index contributed by atoms with van der Waals surface area (Å²) >= 11 is 0. The first-order valence-electron chi connectivity index (χ1n) is 11.1. The highest BCUT2D eigenvalue weighted by Crippen LogP contribution is 2.26. The van der Waals surface area contributed by atoms with Gasteiger partial charge in [0, 0.05) is 23.4 Å². The normalized spacial score (nSPS) is 11.1. The van der Waals surface area contributed by atoms with E-state index >= 15 is 0 Å². The molecule has 0 aliphatic heterocycles. The second kappa shape index (κ2) is 11.1. The minimum Gasteiger partial charge on any atom is -0.495 e. The van der Waals surface area contributed by atoms with E-state index in [4.69, 9.17) is 4.74 Å². The molecule has 184 valence electrons. The molecule has 3 aromatic carbocycles. The van der Waals surface area contributed by atoms with E-state index in [-0.39, 0.29) is 22.1 Å². The molecule has 0 bridgehead atoms. The molecule has 0 radical (unpaired) electrons. The zero-order chi connectivity index (χ0) is 25.6. The average molecular weight is 496 g/mol. The molecule has 3 aromatic rings. The summed E-state index contributed by atoms with van der Waals surface area (Å²) in [5.41, 5.74) is 2.19. The lowest BCUT2D eigenvalue weighted by atomic mass is 10.1. The van der Waals surface area contributed by atoms with Crippen LogP contribution >= 0.6 is 0 Å². The van der Waals surface area contributed by atoms with Crippen LogP contribution in [0, 0.1) is 12.8 Å². The molecule has 3 N–H and O–H groups in total. The molecule has 0 aromatic heterocycles. The summed E-state index contributed by atoms with van der Waals surface area (Å²) in [5, 5.41) is 5.64. The lowest BCUT2D eigenvalue weighted by Gasteiger charge is -2.13. The van der Waals surface area contributed by atoms with E-state index in [0.29, 0.717) is 35.0 Å². The summed E-state index contributed by atoms with van der Waals surface area (Å²) in [6.07, 6.45) is 0. The van der Waals surface area contributed by atoms with Gasteiger partial charge < -0.3 is 15.4 Å². The number of benzene rings is 3. The molecule has 0 fully saturated rings. The van der Waals surface area contributed by atoms with Crippen LogP contribution in [0.5, 0.6) is 5.75 Å². The van der Waals surface area contributed by atoms with Gasteiger partial charge in [-0.25, -0.2) is 8.42 Å². The van der Waals surface area contributed by atoms with E-state index in [1.54, 1.807) is 49.4 Å². The number of amides is 2. The molecule has 0 spiro atoms. The maximum Gasteiger partial charge on any atom is 0.262 e. The van der Waals surface area contributed by atoms with Crippen LogP contribution in [0.25, 0.3) is 0 Å². The van der Waals surface area contributed by atoms with Crippen LogP contribution in [0.1, 0.15) is 40.1 Å². The summed E-state index contributed by atoms with van der Waals surface area (Å²) in [4.78, 5) is 25.1. The Morgan fingerprint density at radius 1 is 0.886 bits per heavy atom. The number of hydrogen-bond donors (Lipinski definition) is 3. The molecule has 8 nitrogen and oxygen atoms in total. The highest BCUT2D eigenvalue weighted by molar-refractivity contribution is 7.92. The molecule has 0 aliphatic rings. The van der Waals surface area contributed by atoms with Crippen molar-refractivity contribution in [2.75, 3.05) is 23.7 Å². The number of aryl methyl sites for hydroxylation is 1. The van der Waals surface area contributed by atoms with Gasteiger partial charge in [0.05, 0.1) is 17.7 Å². The zero-order valence-corrected chi connectivity index (χ0v) is 20.9. The van der Waals surface area contributed by atoms with Crippen LogP contribution in [0.15, 0.2) is 71.6 Å². The quantitative estimate of drug-likeness (QED) is 0.406. The van der Waals surface area contributed by atoms with Crippen molar-refractivity contribution in [1.29, 1.82) is 0 Å². The van der Waals surface area contributed by atoms with E-state index in [1.807, 2.05) is 13.8 Å². The number of sulfonamides is 1. The summed E-state index contributed by atoms with van der Waals surface area (Å²) < 4.78 is 33.5. The number of methoxy groups -OCH3 is 1. The van der Waals surface area contributed by atoms with E-state index in [1.165, 1.54) is 31.4 Å². The van der Waals surface area contributed by atoms with Crippen molar-refractivity contribution in [3.63, 3.8) is 0 Å². The maximum atomic E-state index is 12.9. The first kappa shape index (κ1) is 25.8. The SMILES string of the molecule is COc1ccccc1NS(=O)(=O)c1cccc(C(=O)Nc2ccc(C(=O)NCC(C)C)cc2C)c1. The Morgan fingerprint density at radius 2 is 1.60 bits per heavy atom. The van der Waals surface area contributed by atoms with Crippen LogP contribution in [0.4, 0.5) is 11.4 Å². The van der Waals surface area contributed by atoms with Gasteiger partial charge in [-0.15, -0.1) is 0 Å². The summed E-state index contributed by atoms with van der Waals surface area (Å²) in [7, 11) is -2.52. The fraction of sp³-hybridized carbons (Fsp3) is 0.231. The van der Waals surface area contributed by atoms with Gasteiger partial charge in [-0.2, -0.15) is 0 Å². The minimum atomic E-state index is -3.96. The number of carbonyl (C=O) groups excluding carboxylic acids is 2. The Balaban J connectivity index is 1.76. The molecule has 0 saturated heterocycles. The van der Waals surface area contributed by atoms with Gasteiger partial charge in [0.25, 0.3) is 21.8 Å². The topological polar surface area (TPSA) is 114 Å². The summed E-state index contributed by atoms with van der Waals surface area (Å²) in [5.74, 6) is 0.0597. The van der Waals surface area contributed by atoms with Crippen molar-refractivity contribution >= 4 is 33.2 Å². The van der Waals surface area contributed by atoms with Gasteiger partial charge in [0.15, 0.2) is 0 Å². The third-order valence-corrected chi connectivity index (χ3v) is 6.53. The second-order valence-electron chi connectivity index (χ2n) is 8.42. The molecule has 0 aliphatic carbocycles. The van der Waals surface area contributed by atoms with E-state index in [9.17, 15) is 18.0 Å². The molecule has 0 atom stereocenters. The molecule has 9 heteroatoms. The second-order valence-corrected chi connectivity index (χ2v) is 10.1. The number of nitrogens with one attached hydrogen (secondary N) is 3. The lowest BCUT2D eigenvalue weighted by Crippen LogP contribution is -2.27. The van der Waals surface area contributed by atoms with Crippen LogP contribution < -0.4 is 20.1 Å². The number of rotatable bonds is 9. The molecular weight excluding hydrogens is 466 g/mol. The first-order chi connectivity index (χ1) is 16.6. The summed E-state index contributed by atoms with van der Waals surface area (Å²) in [6.45, 7) is 6.38. The van der Waals surface area contributed by atoms with Gasteiger partial charge in [-0.1, -0.05) is 32.0 Å². The Morgan fingerprint density at radius 3 is 2.29 bits per heavy atom. The van der Waals surface area contributed by atoms with E-state index < -0.39 is 15.9 Å². The fourth-order valence-corrected chi connectivity index (χ4v) is 4.39. The molecule has 0 unspecified atom stereocenters. The molecular formula is C26H29N3O5S. The lowest BCUT2D eigenvalue weighted by molar-refractivity contribution is 0.0948. The number of anilines is 2. The number of hydrogen-bond acceptors (Lipinski definition) is 5. The van der Waals surface area contributed by atoms with Crippen molar-refractivity contribution in [2.45, 2.75) is 25.7 Å². The monoisotopic (exact) mass is 495 g/mol. The van der Waals surface area contributed by atoms with Crippen molar-refractivity contribution in [1.82, 2.24) is 5.32 Å². The number of ether oxygens (including phenoxy) is 1. The molecule has 2 amide bonds. The Hall–Kier alpha value is -3.85. The van der Waals surface area contributed by atoms with Gasteiger partial charge >= 0.3 is 0 Å². The average Bonchev–Trinajstić information content (AvgIpc) is 2.83. The maximum absolute atomic E-state index is 12.9. The largest absolute Gasteiger partial charge is 0.495 e. The zero-order valence-electron chi connectivity index (χ0n) is 20.1. The Kier molecular flexibility index (Phi) is 8.14. The molecule has 35 heavy (non-hydrogen) atoms. The van der Waals surface area contributed by atoms with Crippen molar-refractivity contribution in [3.05, 3.63) is 83.4 Å². The third-order valence-electron chi connectivity index (χ3n) is 5.17. The van der Waals surface area contributed by atoms with Crippen LogP contribution in [0.2, 0.25) is 0 Å². The van der Waals surface area contributed by atoms with Crippen LogP contribution in [-0.2, 0) is 10.0 Å². The van der Waals surface area contributed by atoms with E-state index in [2.05, 4.69) is 15.4 Å². The van der Waals surface area contributed by atoms with Crippen LogP contribution in [-0.4, -0.2) is 33.9 Å². The van der Waals surface area contributed by atoms with Crippen molar-refractivity contribution < 1.29 is 22.7 Å². The first-order valence-corrected chi connectivity index (χ1v) is 12.5.